The van der Waals surface area contributed by atoms with Gasteiger partial charge in [-0.1, -0.05) is 13.8 Å². The minimum Gasteiger partial charge on any atom is -0.381 e. The average Bonchev–Trinajstić information content (AvgIpc) is 2.68. The third-order valence-corrected chi connectivity index (χ3v) is 2.81. The number of likely N-dealkylation sites (tertiary alicyclic amines) is 1. The molecule has 2 aliphatic rings. The Bertz CT molecular complexity index is 130. The summed E-state index contributed by atoms with van der Waals surface area (Å²) in [4.78, 5) is 2.41. The van der Waals surface area contributed by atoms with Crippen molar-refractivity contribution in [3.63, 3.8) is 0 Å². The molecule has 12 heavy (non-hydrogen) atoms. The molecule has 2 heteroatoms. The molecule has 0 aromatic heterocycles. The van der Waals surface area contributed by atoms with Gasteiger partial charge in [0.25, 0.3) is 0 Å². The Kier molecular flexibility index (Phi) is 3.53. The van der Waals surface area contributed by atoms with Crippen LogP contribution in [0.25, 0.3) is 0 Å². The van der Waals surface area contributed by atoms with Crippen molar-refractivity contribution in [1.29, 1.82) is 0 Å². The zero-order valence-corrected chi connectivity index (χ0v) is 8.60. The molecule has 1 unspecified atom stereocenters. The van der Waals surface area contributed by atoms with Crippen LogP contribution in [-0.4, -0.2) is 38.3 Å². The van der Waals surface area contributed by atoms with Crippen molar-refractivity contribution in [2.75, 3.05) is 33.4 Å². The van der Waals surface area contributed by atoms with E-state index < -0.39 is 0 Å². The van der Waals surface area contributed by atoms with Crippen molar-refractivity contribution in [1.82, 2.24) is 4.90 Å². The van der Waals surface area contributed by atoms with Gasteiger partial charge >= 0.3 is 0 Å². The highest BCUT2D eigenvalue weighted by atomic mass is 16.5. The number of nitrogens with zero attached hydrogens (tertiary/aromatic N) is 1. The molecule has 72 valence electrons. The van der Waals surface area contributed by atoms with Gasteiger partial charge in [-0.15, -0.1) is 0 Å². The van der Waals surface area contributed by atoms with E-state index in [1.807, 2.05) is 13.8 Å². The van der Waals surface area contributed by atoms with E-state index in [9.17, 15) is 0 Å². The molecular formula is C10H21NO. The summed E-state index contributed by atoms with van der Waals surface area (Å²) in [5.74, 6) is 0. The lowest BCUT2D eigenvalue weighted by Gasteiger charge is -2.19. The quantitative estimate of drug-likeness (QED) is 0.550. The number of ether oxygens (including phenoxy) is 1. The van der Waals surface area contributed by atoms with E-state index in [0.29, 0.717) is 5.41 Å². The van der Waals surface area contributed by atoms with Gasteiger partial charge in [0, 0.05) is 18.6 Å². The smallest absolute Gasteiger partial charge is 0.0536 e. The molecule has 1 spiro atoms. The van der Waals surface area contributed by atoms with Gasteiger partial charge in [0.2, 0.25) is 0 Å². The maximum Gasteiger partial charge on any atom is 0.0536 e. The molecule has 0 bridgehead atoms. The van der Waals surface area contributed by atoms with Crippen LogP contribution < -0.4 is 0 Å². The van der Waals surface area contributed by atoms with E-state index in [4.69, 9.17) is 4.74 Å². The summed E-state index contributed by atoms with van der Waals surface area (Å²) in [6, 6.07) is 0. The fourth-order valence-electron chi connectivity index (χ4n) is 2.13. The summed E-state index contributed by atoms with van der Waals surface area (Å²) in [6.45, 7) is 8.53. The van der Waals surface area contributed by atoms with Gasteiger partial charge in [-0.05, 0) is 26.4 Å². The molecule has 2 rings (SSSR count). The number of rotatable bonds is 0. The van der Waals surface area contributed by atoms with Crippen LogP contribution in [0.5, 0.6) is 0 Å². The number of hydrogen-bond donors (Lipinski definition) is 0. The van der Waals surface area contributed by atoms with Gasteiger partial charge in [-0.3, -0.25) is 0 Å². The van der Waals surface area contributed by atoms with Gasteiger partial charge < -0.3 is 9.64 Å². The maximum atomic E-state index is 5.40. The molecule has 0 aromatic rings. The predicted molar refractivity (Wildman–Crippen MR) is 51.3 cm³/mol. The van der Waals surface area contributed by atoms with Crippen LogP contribution in [0.3, 0.4) is 0 Å². The van der Waals surface area contributed by atoms with E-state index in [1.54, 1.807) is 0 Å². The Hall–Kier alpha value is -0.0800. The van der Waals surface area contributed by atoms with E-state index in [0.717, 1.165) is 13.2 Å². The first-order valence-electron chi connectivity index (χ1n) is 5.07. The first kappa shape index (κ1) is 10.0. The molecular weight excluding hydrogens is 150 g/mol. The standard InChI is InChI=1S/C8H15NO.C2H6/c1-9-4-2-8(6-9)3-5-10-7-8;1-2/h2-7H2,1H3;1-2H3. The van der Waals surface area contributed by atoms with Crippen LogP contribution in [0.4, 0.5) is 0 Å². The molecule has 0 aromatic carbocycles. The molecule has 2 heterocycles. The molecule has 0 aliphatic carbocycles. The first-order valence-corrected chi connectivity index (χ1v) is 5.07. The minimum atomic E-state index is 0.564. The second kappa shape index (κ2) is 4.24. The third-order valence-electron chi connectivity index (χ3n) is 2.81. The monoisotopic (exact) mass is 171 g/mol. The highest BCUT2D eigenvalue weighted by molar-refractivity contribution is 4.91. The molecule has 0 amide bonds. The molecule has 0 radical (unpaired) electrons. The Morgan fingerprint density at radius 1 is 1.25 bits per heavy atom. The third kappa shape index (κ3) is 1.99. The topological polar surface area (TPSA) is 12.5 Å². The Balaban J connectivity index is 0.000000336. The van der Waals surface area contributed by atoms with Crippen LogP contribution >= 0.6 is 0 Å². The zero-order valence-electron chi connectivity index (χ0n) is 8.60. The number of hydrogen-bond acceptors (Lipinski definition) is 2. The summed E-state index contributed by atoms with van der Waals surface area (Å²) in [5, 5.41) is 0. The van der Waals surface area contributed by atoms with E-state index in [1.165, 1.54) is 25.9 Å². The summed E-state index contributed by atoms with van der Waals surface area (Å²) in [7, 11) is 2.20. The van der Waals surface area contributed by atoms with Crippen molar-refractivity contribution >= 4 is 0 Å². The molecule has 1 atom stereocenters. The second-order valence-electron chi connectivity index (χ2n) is 3.79. The molecule has 0 N–H and O–H groups in total. The van der Waals surface area contributed by atoms with Crippen LogP contribution in [0.15, 0.2) is 0 Å². The van der Waals surface area contributed by atoms with Gasteiger partial charge in [0.1, 0.15) is 0 Å². The van der Waals surface area contributed by atoms with Gasteiger partial charge in [-0.2, -0.15) is 0 Å². The summed E-state index contributed by atoms with van der Waals surface area (Å²) in [5.41, 5.74) is 0.564. The highest BCUT2D eigenvalue weighted by Crippen LogP contribution is 2.37. The van der Waals surface area contributed by atoms with Crippen molar-refractivity contribution in [3.8, 4) is 0 Å². The van der Waals surface area contributed by atoms with Crippen molar-refractivity contribution < 1.29 is 4.74 Å². The lowest BCUT2D eigenvalue weighted by Crippen LogP contribution is -2.24. The lowest BCUT2D eigenvalue weighted by molar-refractivity contribution is 0.154. The summed E-state index contributed by atoms with van der Waals surface area (Å²) < 4.78 is 5.40. The SMILES string of the molecule is CC.CN1CCC2(CCOC2)C1. The van der Waals surface area contributed by atoms with Crippen LogP contribution in [0, 0.1) is 5.41 Å². The van der Waals surface area contributed by atoms with Gasteiger partial charge in [0.05, 0.1) is 6.61 Å². The summed E-state index contributed by atoms with van der Waals surface area (Å²) in [6.07, 6.45) is 2.64. The van der Waals surface area contributed by atoms with Crippen LogP contribution in [-0.2, 0) is 4.74 Å². The van der Waals surface area contributed by atoms with Crippen LogP contribution in [0.1, 0.15) is 26.7 Å². The van der Waals surface area contributed by atoms with E-state index in [2.05, 4.69) is 11.9 Å². The molecule has 2 saturated heterocycles. The fraction of sp³-hybridized carbons (Fsp3) is 1.00. The average molecular weight is 171 g/mol. The zero-order chi connectivity index (χ0) is 9.03. The first-order chi connectivity index (χ1) is 5.81. The van der Waals surface area contributed by atoms with Crippen molar-refractivity contribution in [3.05, 3.63) is 0 Å². The summed E-state index contributed by atoms with van der Waals surface area (Å²) >= 11 is 0. The fourth-order valence-corrected chi connectivity index (χ4v) is 2.13. The van der Waals surface area contributed by atoms with Gasteiger partial charge in [-0.25, -0.2) is 0 Å². The van der Waals surface area contributed by atoms with Crippen molar-refractivity contribution in [2.45, 2.75) is 26.7 Å². The second-order valence-corrected chi connectivity index (χ2v) is 3.79. The Labute approximate surface area is 75.9 Å². The van der Waals surface area contributed by atoms with Crippen LogP contribution in [0.2, 0.25) is 0 Å². The molecule has 2 nitrogen and oxygen atoms in total. The Morgan fingerprint density at radius 2 is 2.00 bits per heavy atom. The maximum absolute atomic E-state index is 5.40. The highest BCUT2D eigenvalue weighted by Gasteiger charge is 2.39. The molecule has 2 fully saturated rings. The normalized spacial score (nSPS) is 35.2. The molecule has 0 saturated carbocycles. The molecule has 2 aliphatic heterocycles. The Morgan fingerprint density at radius 3 is 2.42 bits per heavy atom. The predicted octanol–water partition coefficient (Wildman–Crippen LogP) is 1.75. The van der Waals surface area contributed by atoms with Crippen molar-refractivity contribution in [2.24, 2.45) is 5.41 Å². The van der Waals surface area contributed by atoms with Gasteiger partial charge in [0.15, 0.2) is 0 Å². The van der Waals surface area contributed by atoms with E-state index >= 15 is 0 Å². The minimum absolute atomic E-state index is 0.564. The van der Waals surface area contributed by atoms with E-state index in [-0.39, 0.29) is 0 Å². The lowest BCUT2D eigenvalue weighted by atomic mass is 9.87. The largest absolute Gasteiger partial charge is 0.381 e.